The third-order valence-electron chi connectivity index (χ3n) is 1.41. The molecule has 0 aromatic heterocycles. The van der Waals surface area contributed by atoms with Crippen LogP contribution in [0.15, 0.2) is 23.1 Å². The van der Waals surface area contributed by atoms with E-state index in [9.17, 15) is 18.5 Å². The number of nitro benzene ring substituents is 1. The van der Waals surface area contributed by atoms with E-state index in [4.69, 9.17) is 16.2 Å². The van der Waals surface area contributed by atoms with Crippen molar-refractivity contribution in [1.29, 1.82) is 0 Å². The van der Waals surface area contributed by atoms with Crippen LogP contribution < -0.4 is 0 Å². The van der Waals surface area contributed by atoms with E-state index in [1.807, 2.05) is 0 Å². The van der Waals surface area contributed by atoms with Crippen molar-refractivity contribution < 1.29 is 17.9 Å². The molecule has 0 unspecified atom stereocenters. The van der Waals surface area contributed by atoms with Crippen LogP contribution in [0.4, 0.5) is 5.69 Å². The number of rotatable bonds is 2. The molecule has 76 valence electrons. The van der Waals surface area contributed by atoms with E-state index in [-0.39, 0.29) is 5.02 Å². The number of hydrogen-bond donors (Lipinski definition) is 1. The van der Waals surface area contributed by atoms with Crippen molar-refractivity contribution in [3.8, 4) is 0 Å². The third-order valence-corrected chi connectivity index (χ3v) is 2.60. The van der Waals surface area contributed by atoms with E-state index in [1.54, 1.807) is 0 Å². The summed E-state index contributed by atoms with van der Waals surface area (Å²) in [6, 6.07) is 3.26. The number of benzene rings is 1. The van der Waals surface area contributed by atoms with Crippen molar-refractivity contribution in [2.24, 2.45) is 0 Å². The molecule has 0 amide bonds. The highest BCUT2D eigenvalue weighted by Crippen LogP contribution is 2.30. The molecule has 0 aliphatic carbocycles. The standard InChI is InChI=1S/C6H4ClNO5S/c7-4-2-1-3-5(14(11,12)13)6(4)8(9)10/h1-3H,(H,11,12,13). The maximum atomic E-state index is 10.7. The molecule has 1 N–H and O–H groups in total. The third kappa shape index (κ3) is 2.00. The predicted octanol–water partition coefficient (Wildman–Crippen LogP) is 1.49. The molecule has 8 heteroatoms. The van der Waals surface area contributed by atoms with Gasteiger partial charge in [0.05, 0.1) is 4.92 Å². The lowest BCUT2D eigenvalue weighted by Crippen LogP contribution is -2.03. The van der Waals surface area contributed by atoms with Gasteiger partial charge in [-0.3, -0.25) is 14.7 Å². The lowest BCUT2D eigenvalue weighted by molar-refractivity contribution is -0.387. The molecule has 0 saturated heterocycles. The van der Waals surface area contributed by atoms with Crippen molar-refractivity contribution in [2.45, 2.75) is 4.90 Å². The second-order valence-electron chi connectivity index (χ2n) is 2.32. The van der Waals surface area contributed by atoms with Crippen LogP contribution in [0.2, 0.25) is 5.02 Å². The average molecular weight is 238 g/mol. The topological polar surface area (TPSA) is 97.5 Å². The van der Waals surface area contributed by atoms with Crippen LogP contribution in [-0.2, 0) is 10.1 Å². The van der Waals surface area contributed by atoms with Gasteiger partial charge in [-0.1, -0.05) is 17.7 Å². The van der Waals surface area contributed by atoms with Gasteiger partial charge in [-0.2, -0.15) is 8.42 Å². The van der Waals surface area contributed by atoms with Crippen LogP contribution in [0, 0.1) is 10.1 Å². The molecule has 0 radical (unpaired) electrons. The molecule has 0 saturated carbocycles. The van der Waals surface area contributed by atoms with E-state index in [2.05, 4.69) is 0 Å². The Kier molecular flexibility index (Phi) is 2.74. The Morgan fingerprint density at radius 2 is 2.00 bits per heavy atom. The average Bonchev–Trinajstić information content (AvgIpc) is 2.01. The summed E-state index contributed by atoms with van der Waals surface area (Å²) >= 11 is 5.41. The highest BCUT2D eigenvalue weighted by atomic mass is 35.5. The summed E-state index contributed by atoms with van der Waals surface area (Å²) in [5.41, 5.74) is -0.823. The quantitative estimate of drug-likeness (QED) is 0.477. The van der Waals surface area contributed by atoms with Crippen LogP contribution in [0.3, 0.4) is 0 Å². The Hall–Kier alpha value is -1.18. The molecule has 0 bridgehead atoms. The minimum atomic E-state index is -4.63. The summed E-state index contributed by atoms with van der Waals surface area (Å²) in [6.07, 6.45) is 0. The predicted molar refractivity (Wildman–Crippen MR) is 47.9 cm³/mol. The molecule has 0 atom stereocenters. The zero-order valence-corrected chi connectivity index (χ0v) is 8.12. The zero-order valence-electron chi connectivity index (χ0n) is 6.55. The van der Waals surface area contributed by atoms with Crippen molar-refractivity contribution in [3.05, 3.63) is 33.3 Å². The lowest BCUT2D eigenvalue weighted by Gasteiger charge is -1.99. The SMILES string of the molecule is O=[N+]([O-])c1c(Cl)cccc1S(=O)(=O)O. The van der Waals surface area contributed by atoms with Crippen LogP contribution >= 0.6 is 11.6 Å². The Morgan fingerprint density at radius 1 is 1.43 bits per heavy atom. The molecular weight excluding hydrogens is 234 g/mol. The number of halogens is 1. The Balaban J connectivity index is 3.61. The van der Waals surface area contributed by atoms with Crippen LogP contribution in [0.1, 0.15) is 0 Å². The maximum absolute atomic E-state index is 10.7. The number of nitrogens with zero attached hydrogens (tertiary/aromatic N) is 1. The van der Waals surface area contributed by atoms with E-state index < -0.39 is 25.6 Å². The molecule has 14 heavy (non-hydrogen) atoms. The van der Waals surface area contributed by atoms with Gasteiger partial charge in [-0.15, -0.1) is 0 Å². The van der Waals surface area contributed by atoms with Gasteiger partial charge >= 0.3 is 15.8 Å². The van der Waals surface area contributed by atoms with Crippen molar-refractivity contribution in [2.75, 3.05) is 0 Å². The molecule has 1 rings (SSSR count). The van der Waals surface area contributed by atoms with Crippen molar-refractivity contribution in [1.82, 2.24) is 0 Å². The van der Waals surface area contributed by atoms with Gasteiger partial charge in [0.1, 0.15) is 5.02 Å². The molecule has 1 aromatic carbocycles. The molecule has 0 heterocycles. The first kappa shape index (κ1) is 10.9. The molecule has 6 nitrogen and oxygen atoms in total. The summed E-state index contributed by atoms with van der Waals surface area (Å²) in [7, 11) is -4.63. The Morgan fingerprint density at radius 3 is 2.36 bits per heavy atom. The van der Waals surface area contributed by atoms with E-state index in [0.29, 0.717) is 0 Å². The number of hydrogen-bond acceptors (Lipinski definition) is 4. The van der Waals surface area contributed by atoms with Gasteiger partial charge in [0.2, 0.25) is 0 Å². The van der Waals surface area contributed by atoms with E-state index >= 15 is 0 Å². The van der Waals surface area contributed by atoms with Gasteiger partial charge in [-0.05, 0) is 12.1 Å². The smallest absolute Gasteiger partial charge is 0.282 e. The Bertz CT molecular complexity index is 483. The normalized spacial score (nSPS) is 11.3. The summed E-state index contributed by atoms with van der Waals surface area (Å²) < 4.78 is 30.1. The molecule has 0 aliphatic rings. The molecule has 0 fully saturated rings. The molecule has 1 aromatic rings. The number of para-hydroxylation sites is 1. The summed E-state index contributed by atoms with van der Waals surface area (Å²) in [5, 5.41) is 10.1. The first-order valence-electron chi connectivity index (χ1n) is 3.24. The number of nitro groups is 1. The minimum Gasteiger partial charge on any atom is -0.282 e. The lowest BCUT2D eigenvalue weighted by atomic mass is 10.3. The molecule has 0 spiro atoms. The van der Waals surface area contributed by atoms with Crippen LogP contribution in [-0.4, -0.2) is 17.9 Å². The van der Waals surface area contributed by atoms with Crippen LogP contribution in [0.5, 0.6) is 0 Å². The fraction of sp³-hybridized carbons (Fsp3) is 0. The highest BCUT2D eigenvalue weighted by Gasteiger charge is 2.26. The van der Waals surface area contributed by atoms with Crippen LogP contribution in [0.25, 0.3) is 0 Å². The van der Waals surface area contributed by atoms with Gasteiger partial charge < -0.3 is 0 Å². The zero-order chi connectivity index (χ0) is 10.9. The van der Waals surface area contributed by atoms with Gasteiger partial charge in [0.25, 0.3) is 0 Å². The summed E-state index contributed by atoms with van der Waals surface area (Å²) in [5.74, 6) is 0. The van der Waals surface area contributed by atoms with Gasteiger partial charge in [0, 0.05) is 0 Å². The monoisotopic (exact) mass is 237 g/mol. The first-order valence-corrected chi connectivity index (χ1v) is 5.06. The minimum absolute atomic E-state index is 0.342. The summed E-state index contributed by atoms with van der Waals surface area (Å²) in [4.78, 5) is 8.66. The van der Waals surface area contributed by atoms with E-state index in [1.165, 1.54) is 6.07 Å². The summed E-state index contributed by atoms with van der Waals surface area (Å²) in [6.45, 7) is 0. The first-order chi connectivity index (χ1) is 6.34. The Labute approximate surface area is 84.0 Å². The van der Waals surface area contributed by atoms with E-state index in [0.717, 1.165) is 12.1 Å². The highest BCUT2D eigenvalue weighted by molar-refractivity contribution is 7.86. The second kappa shape index (κ2) is 3.52. The molecule has 0 aliphatic heterocycles. The van der Waals surface area contributed by atoms with Gasteiger partial charge in [0.15, 0.2) is 4.90 Å². The maximum Gasteiger partial charge on any atom is 0.308 e. The molecular formula is C6H4ClNO5S. The van der Waals surface area contributed by atoms with Gasteiger partial charge in [-0.25, -0.2) is 0 Å². The second-order valence-corrected chi connectivity index (χ2v) is 4.12. The van der Waals surface area contributed by atoms with Crippen molar-refractivity contribution >= 4 is 27.4 Å². The van der Waals surface area contributed by atoms with Crippen molar-refractivity contribution in [3.63, 3.8) is 0 Å². The fourth-order valence-electron chi connectivity index (χ4n) is 0.881. The fourth-order valence-corrected chi connectivity index (χ4v) is 1.86. The largest absolute Gasteiger partial charge is 0.308 e.